The van der Waals surface area contributed by atoms with Crippen LogP contribution in [0.25, 0.3) is 5.69 Å². The topological polar surface area (TPSA) is 84.7 Å². The van der Waals surface area contributed by atoms with Crippen LogP contribution in [-0.4, -0.2) is 32.6 Å². The van der Waals surface area contributed by atoms with Crippen molar-refractivity contribution >= 4 is 23.1 Å². The summed E-state index contributed by atoms with van der Waals surface area (Å²) in [7, 11) is 0. The third kappa shape index (κ3) is 3.96. The highest BCUT2D eigenvalue weighted by atomic mass is 32.1. The molecule has 1 aromatic carbocycles. The van der Waals surface area contributed by atoms with Gasteiger partial charge in [-0.15, -0.1) is 16.4 Å². The van der Waals surface area contributed by atoms with Gasteiger partial charge in [0.05, 0.1) is 23.1 Å². The fourth-order valence-electron chi connectivity index (χ4n) is 2.15. The zero-order valence-electron chi connectivity index (χ0n) is 13.4. The smallest absolute Gasteiger partial charge is 0.319 e. The van der Waals surface area contributed by atoms with Gasteiger partial charge in [-0.2, -0.15) is 0 Å². The van der Waals surface area contributed by atoms with Crippen LogP contribution in [0.5, 0.6) is 0 Å². The van der Waals surface area contributed by atoms with Crippen LogP contribution in [0.2, 0.25) is 0 Å². The second kappa shape index (κ2) is 7.22. The number of aromatic nitrogens is 4. The molecule has 7 nitrogen and oxygen atoms in total. The second-order valence-corrected chi connectivity index (χ2v) is 6.71. The largest absolute Gasteiger partial charge is 0.337 e. The number of carbonyl (C=O) groups excluding carboxylic acids is 1. The second-order valence-electron chi connectivity index (χ2n) is 5.44. The molecule has 8 heteroatoms. The summed E-state index contributed by atoms with van der Waals surface area (Å²) >= 11 is 1.66. The van der Waals surface area contributed by atoms with E-state index in [9.17, 15) is 4.79 Å². The normalized spacial score (nSPS) is 11.9. The Bertz CT molecular complexity index is 796. The van der Waals surface area contributed by atoms with Crippen LogP contribution in [0.1, 0.15) is 22.7 Å². The minimum absolute atomic E-state index is 0.184. The van der Waals surface area contributed by atoms with Crippen molar-refractivity contribution in [3.8, 4) is 5.69 Å². The van der Waals surface area contributed by atoms with E-state index < -0.39 is 0 Å². The molecule has 0 bridgehead atoms. The summed E-state index contributed by atoms with van der Waals surface area (Å²) in [6.07, 6.45) is 5.23. The highest BCUT2D eigenvalue weighted by molar-refractivity contribution is 7.11. The van der Waals surface area contributed by atoms with Crippen LogP contribution in [0.3, 0.4) is 0 Å². The molecule has 0 radical (unpaired) electrons. The van der Waals surface area contributed by atoms with Crippen molar-refractivity contribution in [3.63, 3.8) is 0 Å². The molecule has 0 aliphatic rings. The van der Waals surface area contributed by atoms with E-state index in [1.807, 2.05) is 44.3 Å². The summed E-state index contributed by atoms with van der Waals surface area (Å²) in [6, 6.07) is 7.15. The van der Waals surface area contributed by atoms with Gasteiger partial charge >= 0.3 is 6.03 Å². The Labute approximate surface area is 143 Å². The van der Waals surface area contributed by atoms with Crippen molar-refractivity contribution in [2.75, 3.05) is 11.9 Å². The van der Waals surface area contributed by atoms with Gasteiger partial charge in [0.15, 0.2) is 0 Å². The fourth-order valence-corrected chi connectivity index (χ4v) is 2.98. The van der Waals surface area contributed by atoms with E-state index in [1.54, 1.807) is 28.4 Å². The van der Waals surface area contributed by atoms with Crippen molar-refractivity contribution in [3.05, 3.63) is 52.7 Å². The van der Waals surface area contributed by atoms with Gasteiger partial charge in [0.1, 0.15) is 0 Å². The quantitative estimate of drug-likeness (QED) is 0.746. The molecule has 3 rings (SSSR count). The van der Waals surface area contributed by atoms with Crippen molar-refractivity contribution < 1.29 is 4.79 Å². The number of nitrogens with zero attached hydrogens (tertiary/aromatic N) is 4. The molecular weight excluding hydrogens is 324 g/mol. The van der Waals surface area contributed by atoms with Gasteiger partial charge in [-0.05, 0) is 31.2 Å². The zero-order chi connectivity index (χ0) is 16.9. The predicted molar refractivity (Wildman–Crippen MR) is 93.6 cm³/mol. The van der Waals surface area contributed by atoms with E-state index in [1.165, 1.54) is 4.88 Å². The average molecular weight is 342 g/mol. The van der Waals surface area contributed by atoms with Crippen LogP contribution in [0.15, 0.2) is 42.9 Å². The summed E-state index contributed by atoms with van der Waals surface area (Å²) in [5.41, 5.74) is 1.60. The standard InChI is InChI=1S/C16H18N6OS/c1-11(15-17-10-12(2)24-15)9-18-16(23)20-13-3-5-14(6-4-13)22-8-7-19-21-22/h3-8,10-11H,9H2,1-2H3,(H2,18,20,23). The molecule has 2 heterocycles. The summed E-state index contributed by atoms with van der Waals surface area (Å²) in [5.74, 6) is 0.184. The molecule has 0 aliphatic carbocycles. The van der Waals surface area contributed by atoms with Gasteiger partial charge in [-0.3, -0.25) is 0 Å². The molecule has 124 valence electrons. The van der Waals surface area contributed by atoms with E-state index in [0.717, 1.165) is 10.7 Å². The van der Waals surface area contributed by atoms with Crippen molar-refractivity contribution in [1.82, 2.24) is 25.3 Å². The molecule has 0 aliphatic heterocycles. The number of nitrogens with one attached hydrogen (secondary N) is 2. The number of rotatable bonds is 5. The Kier molecular flexibility index (Phi) is 4.85. The molecule has 2 N–H and O–H groups in total. The monoisotopic (exact) mass is 342 g/mol. The molecule has 2 amide bonds. The Hall–Kier alpha value is -2.74. The predicted octanol–water partition coefficient (Wildman–Crippen LogP) is 2.96. The molecule has 3 aromatic rings. The number of aryl methyl sites for hydroxylation is 1. The first-order valence-corrected chi connectivity index (χ1v) is 8.37. The van der Waals surface area contributed by atoms with E-state index in [2.05, 4.69) is 25.9 Å². The van der Waals surface area contributed by atoms with Crippen LogP contribution in [0, 0.1) is 6.92 Å². The molecule has 0 saturated carbocycles. The van der Waals surface area contributed by atoms with Crippen molar-refractivity contribution in [2.24, 2.45) is 0 Å². The third-order valence-corrected chi connectivity index (χ3v) is 4.59. The minimum atomic E-state index is -0.233. The van der Waals surface area contributed by atoms with Gasteiger partial charge in [0.25, 0.3) is 0 Å². The van der Waals surface area contributed by atoms with Crippen LogP contribution in [-0.2, 0) is 0 Å². The molecule has 2 aromatic heterocycles. The lowest BCUT2D eigenvalue weighted by atomic mass is 10.2. The lowest BCUT2D eigenvalue weighted by Crippen LogP contribution is -2.31. The van der Waals surface area contributed by atoms with E-state index in [-0.39, 0.29) is 11.9 Å². The van der Waals surface area contributed by atoms with Gasteiger partial charge in [0, 0.05) is 29.2 Å². The van der Waals surface area contributed by atoms with Gasteiger partial charge in [-0.25, -0.2) is 14.5 Å². The van der Waals surface area contributed by atoms with Crippen molar-refractivity contribution in [1.29, 1.82) is 0 Å². The van der Waals surface area contributed by atoms with Crippen LogP contribution >= 0.6 is 11.3 Å². The van der Waals surface area contributed by atoms with E-state index in [0.29, 0.717) is 12.2 Å². The number of anilines is 1. The maximum absolute atomic E-state index is 12.0. The third-order valence-electron chi connectivity index (χ3n) is 3.44. The average Bonchev–Trinajstić information content (AvgIpc) is 3.25. The summed E-state index contributed by atoms with van der Waals surface area (Å²) < 4.78 is 1.65. The number of hydrogen-bond donors (Lipinski definition) is 2. The fraction of sp³-hybridized carbons (Fsp3) is 0.250. The molecule has 0 fully saturated rings. The molecule has 1 atom stereocenters. The number of benzene rings is 1. The Balaban J connectivity index is 1.51. The van der Waals surface area contributed by atoms with Gasteiger partial charge < -0.3 is 10.6 Å². The van der Waals surface area contributed by atoms with Crippen LogP contribution in [0.4, 0.5) is 10.5 Å². The molecular formula is C16H18N6OS. The lowest BCUT2D eigenvalue weighted by Gasteiger charge is -2.11. The maximum Gasteiger partial charge on any atom is 0.319 e. The number of thiazole rings is 1. The maximum atomic E-state index is 12.0. The number of amides is 2. The van der Waals surface area contributed by atoms with Crippen LogP contribution < -0.4 is 10.6 Å². The number of urea groups is 1. The van der Waals surface area contributed by atoms with Gasteiger partial charge in [0.2, 0.25) is 0 Å². The number of carbonyl (C=O) groups is 1. The van der Waals surface area contributed by atoms with Gasteiger partial charge in [-0.1, -0.05) is 12.1 Å². The first-order chi connectivity index (χ1) is 11.6. The summed E-state index contributed by atoms with van der Waals surface area (Å²) in [6.45, 7) is 4.61. The highest BCUT2D eigenvalue weighted by Gasteiger charge is 2.11. The first kappa shape index (κ1) is 16.1. The molecule has 0 spiro atoms. The Morgan fingerprint density at radius 1 is 1.33 bits per heavy atom. The Morgan fingerprint density at radius 2 is 2.12 bits per heavy atom. The summed E-state index contributed by atoms with van der Waals surface area (Å²) in [4.78, 5) is 17.5. The number of hydrogen-bond acceptors (Lipinski definition) is 5. The minimum Gasteiger partial charge on any atom is -0.337 e. The molecule has 0 saturated heterocycles. The Morgan fingerprint density at radius 3 is 2.75 bits per heavy atom. The molecule has 1 unspecified atom stereocenters. The zero-order valence-corrected chi connectivity index (χ0v) is 14.2. The first-order valence-electron chi connectivity index (χ1n) is 7.56. The molecule has 24 heavy (non-hydrogen) atoms. The van der Waals surface area contributed by atoms with Crippen molar-refractivity contribution in [2.45, 2.75) is 19.8 Å². The SMILES string of the molecule is Cc1cnc(C(C)CNC(=O)Nc2ccc(-n3ccnn3)cc2)s1. The highest BCUT2D eigenvalue weighted by Crippen LogP contribution is 2.20. The van der Waals surface area contributed by atoms with E-state index >= 15 is 0 Å². The van der Waals surface area contributed by atoms with E-state index in [4.69, 9.17) is 0 Å². The summed E-state index contributed by atoms with van der Waals surface area (Å²) in [5, 5.41) is 14.4. The lowest BCUT2D eigenvalue weighted by molar-refractivity contribution is 0.251.